The van der Waals surface area contributed by atoms with E-state index in [0.29, 0.717) is 5.69 Å². The standard InChI is InChI=1S/C16H15N3O6/c20-15(17-8-11-4-6-14(25-11)16(21)22)9-1-5-12(18-10-2-3-10)13(7-9)19(23)24/h1,4-7,10,18H,2-3,8H2,(H,17,20)(H,21,22). The van der Waals surface area contributed by atoms with E-state index in [1.54, 1.807) is 0 Å². The van der Waals surface area contributed by atoms with Crippen molar-refractivity contribution in [3.63, 3.8) is 0 Å². The zero-order valence-electron chi connectivity index (χ0n) is 13.0. The first-order valence-corrected chi connectivity index (χ1v) is 7.59. The molecular formula is C16H15N3O6. The highest BCUT2D eigenvalue weighted by atomic mass is 16.6. The summed E-state index contributed by atoms with van der Waals surface area (Å²) >= 11 is 0. The molecule has 0 bridgehead atoms. The van der Waals surface area contributed by atoms with Gasteiger partial charge in [-0.2, -0.15) is 0 Å². The molecular weight excluding hydrogens is 330 g/mol. The minimum Gasteiger partial charge on any atom is -0.475 e. The first kappa shape index (κ1) is 16.5. The van der Waals surface area contributed by atoms with Crippen LogP contribution in [-0.2, 0) is 6.54 Å². The van der Waals surface area contributed by atoms with Gasteiger partial charge in [0.25, 0.3) is 11.6 Å². The number of nitrogens with zero attached hydrogens (tertiary/aromatic N) is 1. The van der Waals surface area contributed by atoms with Crippen molar-refractivity contribution in [2.45, 2.75) is 25.4 Å². The van der Waals surface area contributed by atoms with E-state index in [9.17, 15) is 19.7 Å². The molecule has 0 spiro atoms. The average molecular weight is 345 g/mol. The van der Waals surface area contributed by atoms with Gasteiger partial charge in [0.15, 0.2) is 0 Å². The van der Waals surface area contributed by atoms with Crippen molar-refractivity contribution >= 4 is 23.3 Å². The van der Waals surface area contributed by atoms with E-state index < -0.39 is 16.8 Å². The fourth-order valence-electron chi connectivity index (χ4n) is 2.25. The molecule has 0 unspecified atom stereocenters. The average Bonchev–Trinajstić information content (AvgIpc) is 3.26. The fourth-order valence-corrected chi connectivity index (χ4v) is 2.25. The molecule has 1 aliphatic carbocycles. The molecule has 1 aromatic carbocycles. The second-order valence-corrected chi connectivity index (χ2v) is 5.66. The number of hydrogen-bond acceptors (Lipinski definition) is 6. The molecule has 2 aromatic rings. The molecule has 9 nitrogen and oxygen atoms in total. The van der Waals surface area contributed by atoms with Crippen LogP contribution in [-0.4, -0.2) is 27.9 Å². The normalized spacial score (nSPS) is 13.3. The van der Waals surface area contributed by atoms with E-state index in [0.717, 1.165) is 12.8 Å². The van der Waals surface area contributed by atoms with Gasteiger partial charge in [0.2, 0.25) is 5.76 Å². The molecule has 0 radical (unpaired) electrons. The third-order valence-corrected chi connectivity index (χ3v) is 3.69. The first-order valence-electron chi connectivity index (χ1n) is 7.59. The van der Waals surface area contributed by atoms with Crippen molar-refractivity contribution in [1.29, 1.82) is 0 Å². The molecule has 3 rings (SSSR count). The van der Waals surface area contributed by atoms with Crippen LogP contribution in [0.4, 0.5) is 11.4 Å². The van der Waals surface area contributed by atoms with Crippen LogP contribution < -0.4 is 10.6 Å². The highest BCUT2D eigenvalue weighted by Gasteiger charge is 2.25. The highest BCUT2D eigenvalue weighted by Crippen LogP contribution is 2.31. The number of aromatic carboxylic acids is 1. The lowest BCUT2D eigenvalue weighted by Gasteiger charge is -2.08. The molecule has 1 saturated carbocycles. The van der Waals surface area contributed by atoms with E-state index in [1.165, 1.54) is 30.3 Å². The van der Waals surface area contributed by atoms with Gasteiger partial charge in [0, 0.05) is 17.7 Å². The zero-order chi connectivity index (χ0) is 18.0. The Hall–Kier alpha value is -3.36. The molecule has 0 aliphatic heterocycles. The topological polar surface area (TPSA) is 135 Å². The van der Waals surface area contributed by atoms with Gasteiger partial charge >= 0.3 is 5.97 Å². The third kappa shape index (κ3) is 3.94. The fraction of sp³-hybridized carbons (Fsp3) is 0.250. The molecule has 0 saturated heterocycles. The smallest absolute Gasteiger partial charge is 0.371 e. The monoisotopic (exact) mass is 345 g/mol. The molecule has 25 heavy (non-hydrogen) atoms. The van der Waals surface area contributed by atoms with Crippen molar-refractivity contribution in [2.24, 2.45) is 0 Å². The van der Waals surface area contributed by atoms with Crippen molar-refractivity contribution in [3.8, 4) is 0 Å². The number of benzene rings is 1. The quantitative estimate of drug-likeness (QED) is 0.518. The molecule has 130 valence electrons. The molecule has 1 aliphatic rings. The van der Waals surface area contributed by atoms with Gasteiger partial charge in [-0.1, -0.05) is 0 Å². The number of rotatable bonds is 7. The van der Waals surface area contributed by atoms with Crippen LogP contribution in [0.1, 0.15) is 39.5 Å². The summed E-state index contributed by atoms with van der Waals surface area (Å²) in [7, 11) is 0. The number of carboxylic acids is 1. The SMILES string of the molecule is O=C(NCc1ccc(C(=O)O)o1)c1ccc(NC2CC2)c([N+](=O)[O-])c1. The van der Waals surface area contributed by atoms with Gasteiger partial charge < -0.3 is 20.2 Å². The second kappa shape index (κ2) is 6.63. The van der Waals surface area contributed by atoms with Crippen molar-refractivity contribution < 1.29 is 24.0 Å². The van der Waals surface area contributed by atoms with Gasteiger partial charge in [0.05, 0.1) is 11.5 Å². The Morgan fingerprint density at radius 3 is 2.64 bits per heavy atom. The predicted octanol–water partition coefficient (Wildman–Crippen LogP) is 2.39. The third-order valence-electron chi connectivity index (χ3n) is 3.69. The summed E-state index contributed by atoms with van der Waals surface area (Å²) in [6.07, 6.45) is 1.95. The number of amides is 1. The predicted molar refractivity (Wildman–Crippen MR) is 86.6 cm³/mol. The summed E-state index contributed by atoms with van der Waals surface area (Å²) in [6.45, 7) is -0.0258. The van der Waals surface area contributed by atoms with Crippen LogP contribution in [0.5, 0.6) is 0 Å². The van der Waals surface area contributed by atoms with Crippen molar-refractivity contribution in [1.82, 2.24) is 5.32 Å². The first-order chi connectivity index (χ1) is 11.9. The maximum Gasteiger partial charge on any atom is 0.371 e. The Balaban J connectivity index is 1.69. The van der Waals surface area contributed by atoms with Crippen LogP contribution in [0.15, 0.2) is 34.7 Å². The van der Waals surface area contributed by atoms with Crippen LogP contribution in [0.2, 0.25) is 0 Å². The number of nitro groups is 1. The van der Waals surface area contributed by atoms with Crippen LogP contribution in [0, 0.1) is 10.1 Å². The van der Waals surface area contributed by atoms with Gasteiger partial charge in [-0.05, 0) is 37.1 Å². The molecule has 1 heterocycles. The summed E-state index contributed by atoms with van der Waals surface area (Å²) in [5, 5.41) is 25.6. The van der Waals surface area contributed by atoms with E-state index in [2.05, 4.69) is 10.6 Å². The lowest BCUT2D eigenvalue weighted by Crippen LogP contribution is -2.22. The Labute approximate surface area is 141 Å². The summed E-state index contributed by atoms with van der Waals surface area (Å²) in [4.78, 5) is 33.6. The maximum absolute atomic E-state index is 12.2. The highest BCUT2D eigenvalue weighted by molar-refractivity contribution is 5.95. The van der Waals surface area contributed by atoms with E-state index >= 15 is 0 Å². The van der Waals surface area contributed by atoms with E-state index in [4.69, 9.17) is 9.52 Å². The molecule has 1 amide bonds. The molecule has 1 fully saturated rings. The summed E-state index contributed by atoms with van der Waals surface area (Å²) < 4.78 is 5.03. The Kier molecular flexibility index (Phi) is 4.38. The Morgan fingerprint density at radius 1 is 1.28 bits per heavy atom. The van der Waals surface area contributed by atoms with Gasteiger partial charge in [-0.25, -0.2) is 4.79 Å². The minimum atomic E-state index is -1.20. The van der Waals surface area contributed by atoms with Gasteiger partial charge in [-0.15, -0.1) is 0 Å². The lowest BCUT2D eigenvalue weighted by atomic mass is 10.1. The maximum atomic E-state index is 12.2. The molecule has 3 N–H and O–H groups in total. The molecule has 9 heteroatoms. The van der Waals surface area contributed by atoms with Crippen LogP contribution in [0.25, 0.3) is 0 Å². The second-order valence-electron chi connectivity index (χ2n) is 5.66. The van der Waals surface area contributed by atoms with Gasteiger partial charge in [0.1, 0.15) is 11.4 Å². The number of hydrogen-bond donors (Lipinski definition) is 3. The number of nitrogens with one attached hydrogen (secondary N) is 2. The zero-order valence-corrected chi connectivity index (χ0v) is 13.0. The number of carboxylic acid groups (broad SMARTS) is 1. The van der Waals surface area contributed by atoms with Crippen molar-refractivity contribution in [3.05, 3.63) is 57.5 Å². The minimum absolute atomic E-state index is 0.0258. The number of carbonyl (C=O) groups excluding carboxylic acids is 1. The summed E-state index contributed by atoms with van der Waals surface area (Å²) in [5.41, 5.74) is 0.366. The summed E-state index contributed by atoms with van der Waals surface area (Å²) in [6, 6.07) is 7.20. The largest absolute Gasteiger partial charge is 0.475 e. The number of carbonyl (C=O) groups is 2. The number of nitro benzene ring substituents is 1. The lowest BCUT2D eigenvalue weighted by molar-refractivity contribution is -0.384. The number of furan rings is 1. The van der Waals surface area contributed by atoms with E-state index in [-0.39, 0.29) is 35.4 Å². The molecule has 1 aromatic heterocycles. The van der Waals surface area contributed by atoms with E-state index in [1.807, 2.05) is 0 Å². The van der Waals surface area contributed by atoms with Crippen molar-refractivity contribution in [2.75, 3.05) is 5.32 Å². The van der Waals surface area contributed by atoms with Crippen LogP contribution in [0.3, 0.4) is 0 Å². The number of anilines is 1. The summed E-state index contributed by atoms with van der Waals surface area (Å²) in [5.74, 6) is -1.68. The Morgan fingerprint density at radius 2 is 2.04 bits per heavy atom. The van der Waals surface area contributed by atoms with Crippen LogP contribution >= 0.6 is 0 Å². The van der Waals surface area contributed by atoms with Gasteiger partial charge in [-0.3, -0.25) is 14.9 Å². The Bertz CT molecular complexity index is 840. The molecule has 0 atom stereocenters.